The quantitative estimate of drug-likeness (QED) is 0.422. The average molecular weight is 416 g/mol. The van der Waals surface area contributed by atoms with Crippen LogP contribution in [0, 0.1) is 0 Å². The van der Waals surface area contributed by atoms with E-state index in [2.05, 4.69) is 27.8 Å². The summed E-state index contributed by atoms with van der Waals surface area (Å²) in [5, 5.41) is 2.61. The SMILES string of the molecule is C=CCOC(=O)/C(=C\c1ccc(OC)cc1)NC(=O)c1ccccc1Br. The van der Waals surface area contributed by atoms with Crippen molar-refractivity contribution in [1.82, 2.24) is 5.32 Å². The summed E-state index contributed by atoms with van der Waals surface area (Å²) < 4.78 is 10.8. The first kappa shape index (κ1) is 19.5. The minimum Gasteiger partial charge on any atom is -0.497 e. The highest BCUT2D eigenvalue weighted by Crippen LogP contribution is 2.17. The van der Waals surface area contributed by atoms with Gasteiger partial charge in [0.05, 0.1) is 12.7 Å². The standard InChI is InChI=1S/C20H18BrNO4/c1-3-12-26-20(24)18(13-14-8-10-15(25-2)11-9-14)22-19(23)16-6-4-5-7-17(16)21/h3-11,13H,1,12H2,2H3,(H,22,23)/b18-13+. The van der Waals surface area contributed by atoms with Crippen LogP contribution >= 0.6 is 15.9 Å². The van der Waals surface area contributed by atoms with E-state index in [1.165, 1.54) is 6.08 Å². The van der Waals surface area contributed by atoms with Gasteiger partial charge in [0.25, 0.3) is 5.91 Å². The second-order valence-corrected chi connectivity index (χ2v) is 6.01. The van der Waals surface area contributed by atoms with E-state index >= 15 is 0 Å². The fourth-order valence-corrected chi connectivity index (χ4v) is 2.53. The third kappa shape index (κ3) is 5.32. The lowest BCUT2D eigenvalue weighted by molar-refractivity contribution is -0.138. The van der Waals surface area contributed by atoms with Crippen molar-refractivity contribution < 1.29 is 19.1 Å². The third-order valence-electron chi connectivity index (χ3n) is 3.35. The van der Waals surface area contributed by atoms with Gasteiger partial charge in [0.1, 0.15) is 18.1 Å². The van der Waals surface area contributed by atoms with Gasteiger partial charge in [-0.05, 0) is 51.8 Å². The molecule has 0 radical (unpaired) electrons. The maximum atomic E-state index is 12.5. The molecule has 2 aromatic rings. The molecule has 26 heavy (non-hydrogen) atoms. The summed E-state index contributed by atoms with van der Waals surface area (Å²) >= 11 is 3.32. The number of hydrogen-bond donors (Lipinski definition) is 1. The fourth-order valence-electron chi connectivity index (χ4n) is 2.06. The molecule has 0 saturated carbocycles. The first-order valence-corrected chi connectivity index (χ1v) is 8.54. The predicted octanol–water partition coefficient (Wildman–Crippen LogP) is 3.96. The average Bonchev–Trinajstić information content (AvgIpc) is 2.66. The Bertz CT molecular complexity index is 828. The number of halogens is 1. The molecule has 0 atom stereocenters. The molecule has 2 rings (SSSR count). The van der Waals surface area contributed by atoms with Crippen LogP contribution < -0.4 is 10.1 Å². The van der Waals surface area contributed by atoms with Gasteiger partial charge in [0.15, 0.2) is 0 Å². The number of esters is 1. The summed E-state index contributed by atoms with van der Waals surface area (Å²) in [4.78, 5) is 24.8. The molecule has 0 fully saturated rings. The molecule has 2 aromatic carbocycles. The van der Waals surface area contributed by atoms with Crippen molar-refractivity contribution in [3.8, 4) is 5.75 Å². The number of carbonyl (C=O) groups excluding carboxylic acids is 2. The molecule has 0 unspecified atom stereocenters. The van der Waals surface area contributed by atoms with Crippen LogP contribution in [0.3, 0.4) is 0 Å². The molecular formula is C20H18BrNO4. The lowest BCUT2D eigenvalue weighted by Crippen LogP contribution is -2.28. The topological polar surface area (TPSA) is 64.6 Å². The normalized spacial score (nSPS) is 10.8. The molecule has 0 aromatic heterocycles. The van der Waals surface area contributed by atoms with Crippen molar-refractivity contribution in [2.24, 2.45) is 0 Å². The Morgan fingerprint density at radius 2 is 1.85 bits per heavy atom. The van der Waals surface area contributed by atoms with E-state index in [1.807, 2.05) is 0 Å². The number of carbonyl (C=O) groups is 2. The minimum atomic E-state index is -0.652. The van der Waals surface area contributed by atoms with Crippen LogP contribution in [0.5, 0.6) is 5.75 Å². The molecule has 0 heterocycles. The van der Waals surface area contributed by atoms with Gasteiger partial charge in [-0.15, -0.1) is 0 Å². The molecule has 6 heteroatoms. The Kier molecular flexibility index (Phi) is 7.17. The van der Waals surface area contributed by atoms with Crippen molar-refractivity contribution in [2.75, 3.05) is 13.7 Å². The van der Waals surface area contributed by atoms with Crippen LogP contribution in [0.15, 0.2) is 71.4 Å². The lowest BCUT2D eigenvalue weighted by Gasteiger charge is -2.10. The number of nitrogens with one attached hydrogen (secondary N) is 1. The van der Waals surface area contributed by atoms with Crippen molar-refractivity contribution in [1.29, 1.82) is 0 Å². The maximum Gasteiger partial charge on any atom is 0.355 e. The summed E-state index contributed by atoms with van der Waals surface area (Å²) in [5.41, 5.74) is 1.14. The highest BCUT2D eigenvalue weighted by atomic mass is 79.9. The van der Waals surface area contributed by atoms with Crippen molar-refractivity contribution in [3.63, 3.8) is 0 Å². The molecule has 0 spiro atoms. The van der Waals surface area contributed by atoms with Gasteiger partial charge in [-0.2, -0.15) is 0 Å². The predicted molar refractivity (Wildman–Crippen MR) is 104 cm³/mol. The van der Waals surface area contributed by atoms with Crippen molar-refractivity contribution >= 4 is 33.9 Å². The summed E-state index contributed by atoms with van der Waals surface area (Å²) in [5.74, 6) is -0.385. The second-order valence-electron chi connectivity index (χ2n) is 5.15. The summed E-state index contributed by atoms with van der Waals surface area (Å²) in [6.45, 7) is 3.56. The van der Waals surface area contributed by atoms with Crippen LogP contribution in [0.1, 0.15) is 15.9 Å². The molecule has 1 N–H and O–H groups in total. The Labute approximate surface area is 160 Å². The van der Waals surface area contributed by atoms with E-state index in [4.69, 9.17) is 9.47 Å². The van der Waals surface area contributed by atoms with Crippen LogP contribution in [-0.2, 0) is 9.53 Å². The van der Waals surface area contributed by atoms with Gasteiger partial charge in [-0.25, -0.2) is 4.79 Å². The van der Waals surface area contributed by atoms with Crippen molar-refractivity contribution in [2.45, 2.75) is 0 Å². The number of amides is 1. The Morgan fingerprint density at radius 3 is 2.46 bits per heavy atom. The van der Waals surface area contributed by atoms with E-state index in [0.717, 1.165) is 0 Å². The molecule has 0 bridgehead atoms. The van der Waals surface area contributed by atoms with Gasteiger partial charge in [0.2, 0.25) is 0 Å². The molecular weight excluding hydrogens is 398 g/mol. The first-order chi connectivity index (χ1) is 12.5. The Balaban J connectivity index is 2.29. The molecule has 0 saturated heterocycles. The zero-order chi connectivity index (χ0) is 18.9. The van der Waals surface area contributed by atoms with Crippen LogP contribution in [-0.4, -0.2) is 25.6 Å². The number of ether oxygens (including phenoxy) is 2. The van der Waals surface area contributed by atoms with Gasteiger partial charge in [-0.1, -0.05) is 36.9 Å². The second kappa shape index (κ2) is 9.58. The molecule has 5 nitrogen and oxygen atoms in total. The summed E-state index contributed by atoms with van der Waals surface area (Å²) in [7, 11) is 1.57. The van der Waals surface area contributed by atoms with Gasteiger partial charge in [-0.3, -0.25) is 4.79 Å². The first-order valence-electron chi connectivity index (χ1n) is 7.74. The zero-order valence-electron chi connectivity index (χ0n) is 14.2. The van der Waals surface area contributed by atoms with E-state index in [0.29, 0.717) is 21.3 Å². The highest BCUT2D eigenvalue weighted by molar-refractivity contribution is 9.10. The number of benzene rings is 2. The van der Waals surface area contributed by atoms with E-state index in [-0.39, 0.29) is 12.3 Å². The van der Waals surface area contributed by atoms with Gasteiger partial charge in [0, 0.05) is 4.47 Å². The number of hydrogen-bond acceptors (Lipinski definition) is 4. The van der Waals surface area contributed by atoms with Crippen molar-refractivity contribution in [3.05, 3.63) is 82.5 Å². The fraction of sp³-hybridized carbons (Fsp3) is 0.100. The number of methoxy groups -OCH3 is 1. The Morgan fingerprint density at radius 1 is 1.15 bits per heavy atom. The van der Waals surface area contributed by atoms with E-state index in [1.54, 1.807) is 61.7 Å². The van der Waals surface area contributed by atoms with Crippen LogP contribution in [0.2, 0.25) is 0 Å². The minimum absolute atomic E-state index is 0.0257. The van der Waals surface area contributed by atoms with Crippen LogP contribution in [0.4, 0.5) is 0 Å². The summed E-state index contributed by atoms with van der Waals surface area (Å²) in [6.07, 6.45) is 3.00. The highest BCUT2D eigenvalue weighted by Gasteiger charge is 2.17. The third-order valence-corrected chi connectivity index (χ3v) is 4.04. The molecule has 134 valence electrons. The molecule has 0 aliphatic heterocycles. The number of rotatable bonds is 7. The van der Waals surface area contributed by atoms with Gasteiger partial charge < -0.3 is 14.8 Å². The van der Waals surface area contributed by atoms with E-state index in [9.17, 15) is 9.59 Å². The van der Waals surface area contributed by atoms with Gasteiger partial charge >= 0.3 is 5.97 Å². The van der Waals surface area contributed by atoms with E-state index < -0.39 is 11.9 Å². The largest absolute Gasteiger partial charge is 0.497 e. The molecule has 0 aliphatic carbocycles. The lowest BCUT2D eigenvalue weighted by atomic mass is 10.1. The molecule has 0 aliphatic rings. The smallest absolute Gasteiger partial charge is 0.355 e. The Hall–Kier alpha value is -2.86. The maximum absolute atomic E-state index is 12.5. The zero-order valence-corrected chi connectivity index (χ0v) is 15.8. The molecule has 1 amide bonds. The van der Waals surface area contributed by atoms with Crippen LogP contribution in [0.25, 0.3) is 6.08 Å². The summed E-state index contributed by atoms with van der Waals surface area (Å²) in [6, 6.07) is 14.0. The monoisotopic (exact) mass is 415 g/mol.